The van der Waals surface area contributed by atoms with Crippen LogP contribution in [0.1, 0.15) is 52.9 Å². The fraction of sp³-hybridized carbons (Fsp3) is 0.684. The Morgan fingerprint density at radius 2 is 2.11 bits per heavy atom. The summed E-state index contributed by atoms with van der Waals surface area (Å²) in [6, 6.07) is 0.279. The van der Waals surface area contributed by atoms with Crippen LogP contribution in [0.3, 0.4) is 0 Å². The van der Waals surface area contributed by atoms with Gasteiger partial charge in [-0.3, -0.25) is 4.79 Å². The lowest BCUT2D eigenvalue weighted by Crippen LogP contribution is -2.28. The topological polar surface area (TPSA) is 84.7 Å². The Balaban J connectivity index is 1.66. The smallest absolute Gasteiger partial charge is 0.220 e. The van der Waals surface area contributed by atoms with Gasteiger partial charge in [0.25, 0.3) is 0 Å². The van der Waals surface area contributed by atoms with Crippen molar-refractivity contribution in [2.75, 3.05) is 17.6 Å². The molecular weight excluding hydrogens is 360 g/mol. The van der Waals surface area contributed by atoms with Crippen molar-refractivity contribution in [2.45, 2.75) is 70.6 Å². The molecule has 2 heterocycles. The largest absolute Gasteiger partial charge is 0.367 e. The number of fused-ring (bicyclic) bond motifs is 1. The van der Waals surface area contributed by atoms with Gasteiger partial charge in [0.15, 0.2) is 10.8 Å². The molecule has 2 aromatic heterocycles. The first-order valence-electron chi connectivity index (χ1n) is 9.96. The Bertz CT molecular complexity index is 769. The number of amides is 1. The SMILES string of the molecule is CCSc1nc(NC(C)C)c2cnn(CCNC(=O)CC3CCCC3)c2n1. The molecule has 0 spiro atoms. The second-order valence-electron chi connectivity index (χ2n) is 7.40. The number of thioether (sulfide) groups is 1. The molecule has 1 aliphatic carbocycles. The molecular formula is C19H30N6OS. The molecule has 0 unspecified atom stereocenters. The zero-order chi connectivity index (χ0) is 19.2. The van der Waals surface area contributed by atoms with E-state index in [1.54, 1.807) is 18.0 Å². The molecule has 148 valence electrons. The number of hydrogen-bond acceptors (Lipinski definition) is 6. The summed E-state index contributed by atoms with van der Waals surface area (Å²) in [4.78, 5) is 21.4. The Hall–Kier alpha value is -1.83. The van der Waals surface area contributed by atoms with Crippen LogP contribution in [0.25, 0.3) is 11.0 Å². The second kappa shape index (κ2) is 9.39. The van der Waals surface area contributed by atoms with E-state index in [9.17, 15) is 4.79 Å². The molecule has 1 aliphatic rings. The summed E-state index contributed by atoms with van der Waals surface area (Å²) in [5, 5.41) is 12.6. The highest BCUT2D eigenvalue weighted by atomic mass is 32.2. The van der Waals surface area contributed by atoms with Gasteiger partial charge in [-0.25, -0.2) is 14.6 Å². The van der Waals surface area contributed by atoms with Crippen LogP contribution in [0.5, 0.6) is 0 Å². The molecule has 27 heavy (non-hydrogen) atoms. The zero-order valence-electron chi connectivity index (χ0n) is 16.5. The van der Waals surface area contributed by atoms with E-state index in [1.165, 1.54) is 25.7 Å². The van der Waals surface area contributed by atoms with Gasteiger partial charge < -0.3 is 10.6 Å². The number of nitrogens with one attached hydrogen (secondary N) is 2. The van der Waals surface area contributed by atoms with Gasteiger partial charge in [-0.1, -0.05) is 31.5 Å². The quantitative estimate of drug-likeness (QED) is 0.504. The van der Waals surface area contributed by atoms with E-state index in [0.717, 1.165) is 27.8 Å². The number of anilines is 1. The molecule has 1 fully saturated rings. The van der Waals surface area contributed by atoms with Crippen molar-refractivity contribution in [1.29, 1.82) is 0 Å². The number of aromatic nitrogens is 4. The molecule has 1 saturated carbocycles. The molecule has 0 atom stereocenters. The molecule has 2 aromatic rings. The van der Waals surface area contributed by atoms with Crippen molar-refractivity contribution >= 4 is 34.5 Å². The summed E-state index contributed by atoms with van der Waals surface area (Å²) < 4.78 is 1.86. The van der Waals surface area contributed by atoms with E-state index >= 15 is 0 Å². The summed E-state index contributed by atoms with van der Waals surface area (Å²) in [5.41, 5.74) is 0.814. The van der Waals surface area contributed by atoms with Gasteiger partial charge in [-0.05, 0) is 38.4 Å². The average Bonchev–Trinajstić information content (AvgIpc) is 3.25. The number of carbonyl (C=O) groups excluding carboxylic acids is 1. The van der Waals surface area contributed by atoms with Gasteiger partial charge in [-0.15, -0.1) is 0 Å². The summed E-state index contributed by atoms with van der Waals surface area (Å²) in [6.45, 7) is 7.44. The molecule has 0 radical (unpaired) electrons. The van der Waals surface area contributed by atoms with Crippen LogP contribution < -0.4 is 10.6 Å². The third kappa shape index (κ3) is 5.34. The minimum atomic E-state index is 0.150. The molecule has 8 heteroatoms. The number of rotatable bonds is 9. The fourth-order valence-electron chi connectivity index (χ4n) is 3.53. The first-order valence-corrected chi connectivity index (χ1v) is 10.9. The van der Waals surface area contributed by atoms with Crippen molar-refractivity contribution in [3.8, 4) is 0 Å². The van der Waals surface area contributed by atoms with Gasteiger partial charge >= 0.3 is 0 Å². The molecule has 2 N–H and O–H groups in total. The van der Waals surface area contributed by atoms with E-state index in [2.05, 4.69) is 46.5 Å². The highest BCUT2D eigenvalue weighted by Gasteiger charge is 2.18. The highest BCUT2D eigenvalue weighted by molar-refractivity contribution is 7.99. The predicted octanol–water partition coefficient (Wildman–Crippen LogP) is 3.46. The van der Waals surface area contributed by atoms with E-state index in [-0.39, 0.29) is 11.9 Å². The summed E-state index contributed by atoms with van der Waals surface area (Å²) in [5.74, 6) is 2.46. The third-order valence-corrected chi connectivity index (χ3v) is 5.50. The van der Waals surface area contributed by atoms with E-state index in [1.807, 2.05) is 4.68 Å². The van der Waals surface area contributed by atoms with Crippen LogP contribution in [-0.2, 0) is 11.3 Å². The van der Waals surface area contributed by atoms with Crippen LogP contribution in [0, 0.1) is 5.92 Å². The second-order valence-corrected chi connectivity index (χ2v) is 8.63. The lowest BCUT2D eigenvalue weighted by molar-refractivity contribution is -0.122. The van der Waals surface area contributed by atoms with Crippen LogP contribution in [0.2, 0.25) is 0 Å². The van der Waals surface area contributed by atoms with Crippen molar-refractivity contribution in [3.63, 3.8) is 0 Å². The van der Waals surface area contributed by atoms with Crippen LogP contribution in [-0.4, -0.2) is 44.0 Å². The zero-order valence-corrected chi connectivity index (χ0v) is 17.3. The number of carbonyl (C=O) groups is 1. The van der Waals surface area contributed by atoms with Crippen molar-refractivity contribution in [1.82, 2.24) is 25.1 Å². The Morgan fingerprint density at radius 3 is 2.81 bits per heavy atom. The van der Waals surface area contributed by atoms with Crippen molar-refractivity contribution in [3.05, 3.63) is 6.20 Å². The van der Waals surface area contributed by atoms with Crippen molar-refractivity contribution < 1.29 is 4.79 Å². The Labute approximate surface area is 165 Å². The molecule has 0 aromatic carbocycles. The van der Waals surface area contributed by atoms with Gasteiger partial charge in [0.1, 0.15) is 5.82 Å². The van der Waals surface area contributed by atoms with Gasteiger partial charge in [0, 0.05) is 19.0 Å². The molecule has 1 amide bonds. The minimum absolute atomic E-state index is 0.150. The number of hydrogen-bond donors (Lipinski definition) is 2. The highest BCUT2D eigenvalue weighted by Crippen LogP contribution is 2.27. The Morgan fingerprint density at radius 1 is 1.33 bits per heavy atom. The molecule has 7 nitrogen and oxygen atoms in total. The molecule has 0 aliphatic heterocycles. The maximum atomic E-state index is 12.1. The van der Waals surface area contributed by atoms with E-state index in [4.69, 9.17) is 0 Å². The normalized spacial score (nSPS) is 15.0. The molecule has 3 rings (SSSR count). The molecule has 0 saturated heterocycles. The van der Waals surface area contributed by atoms with E-state index in [0.29, 0.717) is 25.4 Å². The summed E-state index contributed by atoms with van der Waals surface area (Å²) in [7, 11) is 0. The van der Waals surface area contributed by atoms with Gasteiger partial charge in [0.05, 0.1) is 18.1 Å². The third-order valence-electron chi connectivity index (χ3n) is 4.77. The van der Waals surface area contributed by atoms with E-state index < -0.39 is 0 Å². The van der Waals surface area contributed by atoms with Crippen LogP contribution in [0.4, 0.5) is 5.82 Å². The van der Waals surface area contributed by atoms with Crippen LogP contribution in [0.15, 0.2) is 11.4 Å². The minimum Gasteiger partial charge on any atom is -0.367 e. The lowest BCUT2D eigenvalue weighted by atomic mass is 10.0. The standard InChI is InChI=1S/C19H30N6OS/c1-4-27-19-23-17(22-13(2)3)15-12-21-25(18(15)24-19)10-9-20-16(26)11-14-7-5-6-8-14/h12-14H,4-11H2,1-3H3,(H,20,26)(H,22,23,24). The van der Waals surface area contributed by atoms with Gasteiger partial charge in [0.2, 0.25) is 5.91 Å². The maximum absolute atomic E-state index is 12.1. The fourth-order valence-corrected chi connectivity index (χ4v) is 4.09. The Kier molecular flexibility index (Phi) is 6.93. The molecule has 0 bridgehead atoms. The van der Waals surface area contributed by atoms with Crippen LogP contribution >= 0.6 is 11.8 Å². The predicted molar refractivity (Wildman–Crippen MR) is 110 cm³/mol. The monoisotopic (exact) mass is 390 g/mol. The lowest BCUT2D eigenvalue weighted by Gasteiger charge is -2.12. The van der Waals surface area contributed by atoms with Crippen molar-refractivity contribution in [2.24, 2.45) is 5.92 Å². The average molecular weight is 391 g/mol. The summed E-state index contributed by atoms with van der Waals surface area (Å²) in [6.07, 6.45) is 7.38. The van der Waals surface area contributed by atoms with Gasteiger partial charge in [-0.2, -0.15) is 5.10 Å². The summed E-state index contributed by atoms with van der Waals surface area (Å²) >= 11 is 1.62. The number of nitrogens with zero attached hydrogens (tertiary/aromatic N) is 4. The maximum Gasteiger partial charge on any atom is 0.220 e. The first-order chi connectivity index (χ1) is 13.1. The first kappa shape index (κ1) is 19.9.